The maximum Gasteiger partial charge on any atom is 0.217 e. The number of rotatable bonds is 16. The molecule has 0 saturated carbocycles. The van der Waals surface area contributed by atoms with E-state index in [1.807, 2.05) is 11.8 Å². The SMILES string of the molecule is NC(=O)CCCCCCC/C=C\C/C=C\CCCCCC1NC(=S)CS1. The van der Waals surface area contributed by atoms with E-state index < -0.39 is 0 Å². The van der Waals surface area contributed by atoms with E-state index in [1.54, 1.807) is 0 Å². The van der Waals surface area contributed by atoms with Gasteiger partial charge in [-0.25, -0.2) is 0 Å². The number of primary amides is 1. The number of thiocarbonyl (C=S) groups is 1. The maximum absolute atomic E-state index is 10.6. The van der Waals surface area contributed by atoms with Crippen molar-refractivity contribution >= 4 is 34.9 Å². The van der Waals surface area contributed by atoms with Gasteiger partial charge >= 0.3 is 0 Å². The molecule has 0 aromatic rings. The molecule has 0 bridgehead atoms. The molecule has 3 nitrogen and oxygen atoms in total. The Hall–Kier alpha value is -0.810. The lowest BCUT2D eigenvalue weighted by atomic mass is 10.1. The number of carbonyl (C=O) groups is 1. The fraction of sp³-hybridized carbons (Fsp3) is 0.714. The third-order valence-corrected chi connectivity index (χ3v) is 6.13. The van der Waals surface area contributed by atoms with E-state index in [0.717, 1.165) is 30.0 Å². The van der Waals surface area contributed by atoms with Crippen LogP contribution in [0, 0.1) is 0 Å². The Morgan fingerprint density at radius 1 is 1.00 bits per heavy atom. The zero-order chi connectivity index (χ0) is 18.9. The number of amides is 1. The minimum atomic E-state index is -0.174. The van der Waals surface area contributed by atoms with Crippen molar-refractivity contribution in [2.45, 2.75) is 88.8 Å². The molecule has 0 aliphatic carbocycles. The van der Waals surface area contributed by atoms with Crippen molar-refractivity contribution in [3.63, 3.8) is 0 Å². The second-order valence-electron chi connectivity index (χ2n) is 6.96. The lowest BCUT2D eigenvalue weighted by Crippen LogP contribution is -2.23. The Morgan fingerprint density at radius 2 is 1.62 bits per heavy atom. The zero-order valence-electron chi connectivity index (χ0n) is 16.1. The Kier molecular flexibility index (Phi) is 14.6. The Balaban J connectivity index is 1.79. The van der Waals surface area contributed by atoms with E-state index in [2.05, 4.69) is 29.6 Å². The summed E-state index contributed by atoms with van der Waals surface area (Å²) < 4.78 is 0. The first-order chi connectivity index (χ1) is 12.7. The summed E-state index contributed by atoms with van der Waals surface area (Å²) in [6.07, 6.45) is 24.0. The molecule has 148 valence electrons. The minimum Gasteiger partial charge on any atom is -0.370 e. The zero-order valence-corrected chi connectivity index (χ0v) is 17.7. The molecule has 3 N–H and O–H groups in total. The fourth-order valence-corrected chi connectivity index (χ4v) is 4.38. The molecule has 1 atom stereocenters. The lowest BCUT2D eigenvalue weighted by Gasteiger charge is -2.08. The van der Waals surface area contributed by atoms with Crippen molar-refractivity contribution < 1.29 is 4.79 Å². The third kappa shape index (κ3) is 14.4. The largest absolute Gasteiger partial charge is 0.370 e. The van der Waals surface area contributed by atoms with E-state index in [9.17, 15) is 4.79 Å². The van der Waals surface area contributed by atoms with Gasteiger partial charge in [0.1, 0.15) is 0 Å². The van der Waals surface area contributed by atoms with Crippen LogP contribution in [0.4, 0.5) is 0 Å². The normalized spacial score (nSPS) is 17.4. The average Bonchev–Trinajstić information content (AvgIpc) is 3.02. The number of hydrogen-bond acceptors (Lipinski definition) is 3. The number of hydrogen-bond donors (Lipinski definition) is 2. The Bertz CT molecular complexity index is 449. The minimum absolute atomic E-state index is 0.174. The first-order valence-corrected chi connectivity index (χ1v) is 11.6. The molecule has 1 aliphatic rings. The summed E-state index contributed by atoms with van der Waals surface area (Å²) >= 11 is 7.11. The summed E-state index contributed by atoms with van der Waals surface area (Å²) in [5.74, 6) is 0.833. The highest BCUT2D eigenvalue weighted by atomic mass is 32.2. The van der Waals surface area contributed by atoms with Crippen molar-refractivity contribution in [1.29, 1.82) is 0 Å². The van der Waals surface area contributed by atoms with Gasteiger partial charge in [-0.05, 0) is 44.9 Å². The number of allylic oxidation sites excluding steroid dienone is 4. The van der Waals surface area contributed by atoms with Gasteiger partial charge in [0.05, 0.1) is 10.4 Å². The van der Waals surface area contributed by atoms with E-state index >= 15 is 0 Å². The molecule has 0 spiro atoms. The van der Waals surface area contributed by atoms with Crippen molar-refractivity contribution in [2.75, 3.05) is 5.75 Å². The number of nitrogens with one attached hydrogen (secondary N) is 1. The van der Waals surface area contributed by atoms with Gasteiger partial charge in [0, 0.05) is 12.2 Å². The molecule has 26 heavy (non-hydrogen) atoms. The van der Waals surface area contributed by atoms with Crippen molar-refractivity contribution in [3.8, 4) is 0 Å². The number of unbranched alkanes of at least 4 members (excludes halogenated alkanes) is 8. The summed E-state index contributed by atoms with van der Waals surface area (Å²) in [4.78, 5) is 11.6. The lowest BCUT2D eigenvalue weighted by molar-refractivity contribution is -0.118. The van der Waals surface area contributed by atoms with Crippen LogP contribution in [-0.4, -0.2) is 22.0 Å². The van der Waals surface area contributed by atoms with Gasteiger partial charge in [0.25, 0.3) is 0 Å². The number of carbonyl (C=O) groups excluding carboxylic acids is 1. The van der Waals surface area contributed by atoms with Crippen LogP contribution in [0.3, 0.4) is 0 Å². The maximum atomic E-state index is 10.6. The van der Waals surface area contributed by atoms with Crippen molar-refractivity contribution in [2.24, 2.45) is 5.73 Å². The molecule has 5 heteroatoms. The molecule has 0 aromatic heterocycles. The highest BCUT2D eigenvalue weighted by Gasteiger charge is 2.17. The first-order valence-electron chi connectivity index (χ1n) is 10.2. The van der Waals surface area contributed by atoms with Crippen LogP contribution in [0.1, 0.15) is 83.5 Å². The van der Waals surface area contributed by atoms with E-state index in [0.29, 0.717) is 11.8 Å². The van der Waals surface area contributed by atoms with Crippen LogP contribution in [0.25, 0.3) is 0 Å². The summed E-state index contributed by atoms with van der Waals surface area (Å²) in [6.45, 7) is 0. The smallest absolute Gasteiger partial charge is 0.217 e. The van der Waals surface area contributed by atoms with Gasteiger partial charge in [0.15, 0.2) is 0 Å². The van der Waals surface area contributed by atoms with Gasteiger partial charge in [-0.1, -0.05) is 68.6 Å². The predicted octanol–water partition coefficient (Wildman–Crippen LogP) is 5.65. The molecular weight excluding hydrogens is 360 g/mol. The van der Waals surface area contributed by atoms with Gasteiger partial charge in [-0.2, -0.15) is 0 Å². The third-order valence-electron chi connectivity index (χ3n) is 4.47. The molecule has 1 heterocycles. The number of nitrogens with two attached hydrogens (primary N) is 1. The second-order valence-corrected chi connectivity index (χ2v) is 8.64. The van der Waals surface area contributed by atoms with Crippen LogP contribution in [-0.2, 0) is 4.79 Å². The van der Waals surface area contributed by atoms with Gasteiger partial charge < -0.3 is 11.1 Å². The molecule has 1 saturated heterocycles. The van der Waals surface area contributed by atoms with Crippen LogP contribution >= 0.6 is 24.0 Å². The highest BCUT2D eigenvalue weighted by Crippen LogP contribution is 2.21. The molecular formula is C21H36N2OS2. The van der Waals surface area contributed by atoms with Crippen molar-refractivity contribution in [3.05, 3.63) is 24.3 Å². The Morgan fingerprint density at radius 3 is 2.23 bits per heavy atom. The van der Waals surface area contributed by atoms with Gasteiger partial charge in [-0.15, -0.1) is 11.8 Å². The topological polar surface area (TPSA) is 55.1 Å². The van der Waals surface area contributed by atoms with Crippen LogP contribution in [0.15, 0.2) is 24.3 Å². The van der Waals surface area contributed by atoms with E-state index in [4.69, 9.17) is 18.0 Å². The quantitative estimate of drug-likeness (QED) is 0.201. The van der Waals surface area contributed by atoms with Crippen LogP contribution in [0.5, 0.6) is 0 Å². The molecule has 0 radical (unpaired) electrons. The summed E-state index contributed by atoms with van der Waals surface area (Å²) in [5, 5.41) is 3.93. The summed E-state index contributed by atoms with van der Waals surface area (Å²) in [5.41, 5.74) is 5.12. The van der Waals surface area contributed by atoms with E-state index in [-0.39, 0.29) is 5.91 Å². The molecule has 1 unspecified atom stereocenters. The Labute approximate surface area is 169 Å². The van der Waals surface area contributed by atoms with Gasteiger partial charge in [0.2, 0.25) is 5.91 Å². The standard InChI is InChI=1S/C21H36N2OS2/c22-19(24)16-14-12-10-8-6-4-2-1-3-5-7-9-11-13-15-17-21-23-20(25)18-26-21/h1-2,5,7,21H,3-4,6,8-18H2,(H2,22,24)(H,23,25)/b2-1-,7-5-. The molecule has 1 rings (SSSR count). The van der Waals surface area contributed by atoms with Crippen molar-refractivity contribution in [1.82, 2.24) is 5.32 Å². The van der Waals surface area contributed by atoms with Gasteiger partial charge in [-0.3, -0.25) is 4.79 Å². The second kappa shape index (κ2) is 16.4. The average molecular weight is 397 g/mol. The summed E-state index contributed by atoms with van der Waals surface area (Å²) in [6, 6.07) is 0. The molecule has 0 aromatic carbocycles. The summed E-state index contributed by atoms with van der Waals surface area (Å²) in [7, 11) is 0. The molecule has 1 aliphatic heterocycles. The molecule has 1 fully saturated rings. The number of thioether (sulfide) groups is 1. The van der Waals surface area contributed by atoms with E-state index in [1.165, 1.54) is 57.8 Å². The first kappa shape index (κ1) is 23.2. The fourth-order valence-electron chi connectivity index (χ4n) is 2.96. The van der Waals surface area contributed by atoms with Crippen LogP contribution in [0.2, 0.25) is 0 Å². The molecule has 1 amide bonds. The van der Waals surface area contributed by atoms with Crippen LogP contribution < -0.4 is 11.1 Å². The highest BCUT2D eigenvalue weighted by molar-refractivity contribution is 8.02. The predicted molar refractivity (Wildman–Crippen MR) is 119 cm³/mol. The monoisotopic (exact) mass is 396 g/mol.